The van der Waals surface area contributed by atoms with Gasteiger partial charge in [0.1, 0.15) is 11.6 Å². The van der Waals surface area contributed by atoms with Gasteiger partial charge >= 0.3 is 11.9 Å². The van der Waals surface area contributed by atoms with Crippen molar-refractivity contribution in [2.75, 3.05) is 11.1 Å². The molecular formula is C19H19N7O5. The number of fused-ring (bicyclic) bond motifs is 1. The normalized spacial score (nSPS) is 11.6. The number of carboxylic acids is 2. The fraction of sp³-hybridized carbons (Fsp3) is 0.211. The minimum atomic E-state index is -1.29. The predicted molar refractivity (Wildman–Crippen MR) is 109 cm³/mol. The molecule has 1 atom stereocenters. The molecule has 0 saturated heterocycles. The Morgan fingerprint density at radius 3 is 2.45 bits per heavy atom. The molecule has 0 saturated carbocycles. The first kappa shape index (κ1) is 21.4. The number of hydrogen-bond donors (Lipinski definition) is 5. The van der Waals surface area contributed by atoms with Crippen LogP contribution in [-0.4, -0.2) is 54.0 Å². The van der Waals surface area contributed by atoms with E-state index in [2.05, 4.69) is 30.6 Å². The van der Waals surface area contributed by atoms with Crippen LogP contribution in [0.15, 0.2) is 36.7 Å². The number of amides is 1. The largest absolute Gasteiger partial charge is 0.481 e. The number of nitrogens with two attached hydrogens (primary N) is 1. The Bertz CT molecular complexity index is 1120. The predicted octanol–water partition coefficient (Wildman–Crippen LogP) is 0.662. The molecule has 0 radical (unpaired) electrons. The van der Waals surface area contributed by atoms with E-state index in [0.29, 0.717) is 29.1 Å². The number of carboxylic acid groups (broad SMARTS) is 2. The van der Waals surface area contributed by atoms with Gasteiger partial charge in [-0.05, 0) is 30.7 Å². The highest BCUT2D eigenvalue weighted by Gasteiger charge is 2.21. The second-order valence-electron chi connectivity index (χ2n) is 6.53. The number of benzene rings is 1. The molecule has 12 heteroatoms. The Morgan fingerprint density at radius 2 is 1.77 bits per heavy atom. The van der Waals surface area contributed by atoms with Crippen LogP contribution in [0.5, 0.6) is 0 Å². The molecule has 2 aromatic heterocycles. The first-order chi connectivity index (χ1) is 14.8. The summed E-state index contributed by atoms with van der Waals surface area (Å²) >= 11 is 0. The molecule has 0 bridgehead atoms. The minimum absolute atomic E-state index is 0.119. The fourth-order valence-electron chi connectivity index (χ4n) is 2.66. The van der Waals surface area contributed by atoms with Gasteiger partial charge in [-0.25, -0.2) is 19.7 Å². The first-order valence-electron chi connectivity index (χ1n) is 9.15. The molecule has 12 nitrogen and oxygen atoms in total. The smallest absolute Gasteiger partial charge is 0.326 e. The molecule has 0 aliphatic heterocycles. The molecule has 0 spiro atoms. The molecular weight excluding hydrogens is 406 g/mol. The number of nitrogens with zero attached hydrogens (tertiary/aromatic N) is 4. The molecule has 6 N–H and O–H groups in total. The van der Waals surface area contributed by atoms with Crippen LogP contribution in [0.25, 0.3) is 11.2 Å². The third kappa shape index (κ3) is 5.82. The molecule has 1 amide bonds. The van der Waals surface area contributed by atoms with Crippen LogP contribution in [0, 0.1) is 0 Å². The van der Waals surface area contributed by atoms with Gasteiger partial charge in [0.25, 0.3) is 5.91 Å². The van der Waals surface area contributed by atoms with Gasteiger partial charge in [0.15, 0.2) is 5.65 Å². The zero-order valence-corrected chi connectivity index (χ0v) is 16.1. The molecule has 0 unspecified atom stereocenters. The number of carbonyl (C=O) groups excluding carboxylic acids is 1. The molecule has 31 heavy (non-hydrogen) atoms. The lowest BCUT2D eigenvalue weighted by molar-refractivity contribution is -0.140. The van der Waals surface area contributed by atoms with Crippen molar-refractivity contribution in [2.24, 2.45) is 0 Å². The van der Waals surface area contributed by atoms with Crippen molar-refractivity contribution in [3.63, 3.8) is 0 Å². The van der Waals surface area contributed by atoms with E-state index in [1.165, 1.54) is 18.3 Å². The van der Waals surface area contributed by atoms with Crippen molar-refractivity contribution < 1.29 is 24.6 Å². The van der Waals surface area contributed by atoms with Crippen molar-refractivity contribution in [1.82, 2.24) is 25.3 Å². The summed E-state index contributed by atoms with van der Waals surface area (Å²) in [5, 5.41) is 23.3. The highest BCUT2D eigenvalue weighted by atomic mass is 16.4. The highest BCUT2D eigenvalue weighted by molar-refractivity contribution is 5.96. The van der Waals surface area contributed by atoms with Crippen molar-refractivity contribution in [1.29, 1.82) is 0 Å². The van der Waals surface area contributed by atoms with Crippen molar-refractivity contribution in [2.45, 2.75) is 25.4 Å². The van der Waals surface area contributed by atoms with Crippen LogP contribution in [0.2, 0.25) is 0 Å². The maximum absolute atomic E-state index is 12.3. The molecule has 3 rings (SSSR count). The number of anilines is 2. The molecule has 0 fully saturated rings. The van der Waals surface area contributed by atoms with Gasteiger partial charge in [-0.2, -0.15) is 4.98 Å². The van der Waals surface area contributed by atoms with Crippen molar-refractivity contribution in [3.05, 3.63) is 47.9 Å². The number of rotatable bonds is 9. The van der Waals surface area contributed by atoms with Crippen LogP contribution in [-0.2, 0) is 16.1 Å². The summed E-state index contributed by atoms with van der Waals surface area (Å²) in [7, 11) is 0. The summed E-state index contributed by atoms with van der Waals surface area (Å²) < 4.78 is 0. The molecule has 1 aromatic carbocycles. The summed E-state index contributed by atoms with van der Waals surface area (Å²) in [5.74, 6) is -2.92. The van der Waals surface area contributed by atoms with E-state index in [9.17, 15) is 14.4 Å². The highest BCUT2D eigenvalue weighted by Crippen LogP contribution is 2.13. The van der Waals surface area contributed by atoms with Crippen LogP contribution in [0.3, 0.4) is 0 Å². The lowest BCUT2D eigenvalue weighted by Gasteiger charge is -2.14. The third-order valence-corrected chi connectivity index (χ3v) is 4.24. The maximum Gasteiger partial charge on any atom is 0.326 e. The fourth-order valence-corrected chi connectivity index (χ4v) is 2.66. The van der Waals surface area contributed by atoms with E-state index in [1.807, 2.05) is 0 Å². The van der Waals surface area contributed by atoms with E-state index >= 15 is 0 Å². The number of aliphatic carboxylic acids is 2. The zero-order chi connectivity index (χ0) is 22.4. The topological polar surface area (TPSA) is 193 Å². The average Bonchev–Trinajstić information content (AvgIpc) is 2.75. The monoisotopic (exact) mass is 425 g/mol. The van der Waals surface area contributed by atoms with Crippen LogP contribution >= 0.6 is 0 Å². The molecule has 0 aliphatic carbocycles. The van der Waals surface area contributed by atoms with Crippen LogP contribution in [0.1, 0.15) is 28.9 Å². The summed E-state index contributed by atoms with van der Waals surface area (Å²) in [6, 6.07) is 5.07. The quantitative estimate of drug-likeness (QED) is 0.323. The summed E-state index contributed by atoms with van der Waals surface area (Å²) in [5.41, 5.74) is 8.01. The molecule has 0 aliphatic rings. The van der Waals surface area contributed by atoms with E-state index in [4.69, 9.17) is 15.9 Å². The van der Waals surface area contributed by atoms with Crippen molar-refractivity contribution in [3.8, 4) is 0 Å². The van der Waals surface area contributed by atoms with Crippen molar-refractivity contribution >= 4 is 40.6 Å². The number of nitrogens with one attached hydrogen (secondary N) is 2. The van der Waals surface area contributed by atoms with Gasteiger partial charge in [0.2, 0.25) is 5.95 Å². The number of hydrogen-bond acceptors (Lipinski definition) is 9. The number of carbonyl (C=O) groups is 3. The van der Waals surface area contributed by atoms with E-state index in [-0.39, 0.29) is 24.4 Å². The van der Waals surface area contributed by atoms with Gasteiger partial charge in [0, 0.05) is 17.7 Å². The maximum atomic E-state index is 12.3. The molecule has 2 heterocycles. The van der Waals surface area contributed by atoms with Gasteiger partial charge in [-0.3, -0.25) is 9.59 Å². The Balaban J connectivity index is 1.59. The van der Waals surface area contributed by atoms with Crippen LogP contribution in [0.4, 0.5) is 11.6 Å². The van der Waals surface area contributed by atoms with E-state index in [1.54, 1.807) is 18.3 Å². The Kier molecular flexibility index (Phi) is 6.50. The second-order valence-corrected chi connectivity index (χ2v) is 6.53. The lowest BCUT2D eigenvalue weighted by Crippen LogP contribution is -2.41. The number of nitrogen functional groups attached to an aromatic ring is 1. The summed E-state index contributed by atoms with van der Waals surface area (Å²) in [6.45, 7) is 0.356. The lowest BCUT2D eigenvalue weighted by atomic mass is 10.1. The first-order valence-corrected chi connectivity index (χ1v) is 9.15. The summed E-state index contributed by atoms with van der Waals surface area (Å²) in [6.07, 6.45) is 2.48. The Hall–Kier alpha value is -4.35. The summed E-state index contributed by atoms with van der Waals surface area (Å²) in [4.78, 5) is 50.5. The SMILES string of the molecule is Nc1ncc2nc(CNc3ccc(C(=O)N[C@@H](CCC(=O)O)C(=O)O)cc3)cnc2n1. The third-order valence-electron chi connectivity index (χ3n) is 4.24. The zero-order valence-electron chi connectivity index (χ0n) is 16.1. The van der Waals surface area contributed by atoms with Gasteiger partial charge in [-0.1, -0.05) is 0 Å². The minimum Gasteiger partial charge on any atom is -0.481 e. The average molecular weight is 425 g/mol. The standard InChI is InChI=1S/C19H19N7O5/c20-19-23-9-14-16(26-19)22-8-12(24-14)7-21-11-3-1-10(2-4-11)17(29)25-13(18(30)31)5-6-15(27)28/h1-4,8-9,13,21H,5-7H2,(H,25,29)(H,27,28)(H,30,31)(H2,20,22,23,26)/t13-/m0/s1. The van der Waals surface area contributed by atoms with Gasteiger partial charge in [-0.15, -0.1) is 0 Å². The van der Waals surface area contributed by atoms with Crippen LogP contribution < -0.4 is 16.4 Å². The molecule has 160 valence electrons. The van der Waals surface area contributed by atoms with E-state index < -0.39 is 23.9 Å². The van der Waals surface area contributed by atoms with E-state index in [0.717, 1.165) is 0 Å². The number of aromatic nitrogens is 4. The van der Waals surface area contributed by atoms with Gasteiger partial charge < -0.3 is 26.6 Å². The Labute approximate surface area is 175 Å². The molecule has 3 aromatic rings. The second kappa shape index (κ2) is 9.43. The van der Waals surface area contributed by atoms with Gasteiger partial charge in [0.05, 0.1) is 24.6 Å². The Morgan fingerprint density at radius 1 is 1.03 bits per heavy atom.